The fraction of sp³-hybridized carbons (Fsp3) is 0. The van der Waals surface area contributed by atoms with Gasteiger partial charge in [0, 0.05) is 16.7 Å². The quantitative estimate of drug-likeness (QED) is 0.129. The van der Waals surface area contributed by atoms with Crippen molar-refractivity contribution in [3.8, 4) is 67.3 Å². The molecule has 2 nitrogen and oxygen atoms in total. The molecule has 0 N–H and O–H groups in total. The standard InChI is InChI=1S/C52H34N2/c1-4-14-35(15-5-1)41-29-30-44(36-16-6-2-7-17-36)48(32-41)50-34-49(38-19-8-3-9-20-38)53-52(54-50)40-26-24-39(25-27-40)51-45-23-13-11-21-42(45)33-47-43-22-12-10-18-37(43)28-31-46(47)51/h1-34H. The van der Waals surface area contributed by atoms with E-state index in [0.29, 0.717) is 5.82 Å². The molecule has 0 radical (unpaired) electrons. The van der Waals surface area contributed by atoms with Crippen LogP contribution < -0.4 is 0 Å². The Kier molecular flexibility index (Phi) is 7.85. The number of benzene rings is 9. The van der Waals surface area contributed by atoms with E-state index in [-0.39, 0.29) is 0 Å². The van der Waals surface area contributed by atoms with Crippen molar-refractivity contribution in [1.29, 1.82) is 0 Å². The summed E-state index contributed by atoms with van der Waals surface area (Å²) in [6.45, 7) is 0. The first-order valence-electron chi connectivity index (χ1n) is 18.4. The highest BCUT2D eigenvalue weighted by Crippen LogP contribution is 2.41. The summed E-state index contributed by atoms with van der Waals surface area (Å²) in [4.78, 5) is 10.6. The zero-order valence-corrected chi connectivity index (χ0v) is 29.5. The molecule has 9 aromatic carbocycles. The van der Waals surface area contributed by atoms with E-state index < -0.39 is 0 Å². The fourth-order valence-corrected chi connectivity index (χ4v) is 7.82. The lowest BCUT2D eigenvalue weighted by atomic mass is 9.89. The molecule has 2 heteroatoms. The maximum Gasteiger partial charge on any atom is 0.160 e. The molecule has 10 aromatic rings. The average molecular weight is 687 g/mol. The first-order chi connectivity index (χ1) is 26.8. The summed E-state index contributed by atoms with van der Waals surface area (Å²) in [5, 5.41) is 7.50. The lowest BCUT2D eigenvalue weighted by molar-refractivity contribution is 1.18. The largest absolute Gasteiger partial charge is 0.228 e. The Morgan fingerprint density at radius 3 is 1.57 bits per heavy atom. The van der Waals surface area contributed by atoms with Crippen LogP contribution in [0.5, 0.6) is 0 Å². The minimum Gasteiger partial charge on any atom is -0.228 e. The van der Waals surface area contributed by atoms with Crippen LogP contribution in [0.25, 0.3) is 99.6 Å². The van der Waals surface area contributed by atoms with Crippen molar-refractivity contribution >= 4 is 32.3 Å². The monoisotopic (exact) mass is 686 g/mol. The predicted octanol–water partition coefficient (Wildman–Crippen LogP) is 13.9. The molecule has 0 bridgehead atoms. The summed E-state index contributed by atoms with van der Waals surface area (Å²) in [6.07, 6.45) is 0. The van der Waals surface area contributed by atoms with Crippen LogP contribution in [0.2, 0.25) is 0 Å². The van der Waals surface area contributed by atoms with Gasteiger partial charge < -0.3 is 0 Å². The molecule has 1 aromatic heterocycles. The van der Waals surface area contributed by atoms with Gasteiger partial charge in [0.2, 0.25) is 0 Å². The predicted molar refractivity (Wildman–Crippen MR) is 227 cm³/mol. The second kappa shape index (κ2) is 13.4. The number of hydrogen-bond donors (Lipinski definition) is 0. The smallest absolute Gasteiger partial charge is 0.160 e. The fourth-order valence-electron chi connectivity index (χ4n) is 7.82. The molecular formula is C52H34N2. The van der Waals surface area contributed by atoms with Crippen LogP contribution in [0.15, 0.2) is 206 Å². The van der Waals surface area contributed by atoms with Gasteiger partial charge in [0.25, 0.3) is 0 Å². The lowest BCUT2D eigenvalue weighted by Gasteiger charge is -2.16. The average Bonchev–Trinajstić information content (AvgIpc) is 3.26. The minimum absolute atomic E-state index is 0.691. The number of aromatic nitrogens is 2. The molecule has 0 unspecified atom stereocenters. The van der Waals surface area contributed by atoms with Gasteiger partial charge in [-0.25, -0.2) is 9.97 Å². The normalized spacial score (nSPS) is 11.3. The summed E-state index contributed by atoms with van der Waals surface area (Å²) >= 11 is 0. The van der Waals surface area contributed by atoms with Gasteiger partial charge in [-0.3, -0.25) is 0 Å². The molecule has 0 spiro atoms. The molecule has 0 aliphatic rings. The Balaban J connectivity index is 1.16. The maximum atomic E-state index is 5.35. The highest BCUT2D eigenvalue weighted by Gasteiger charge is 2.17. The van der Waals surface area contributed by atoms with Gasteiger partial charge >= 0.3 is 0 Å². The Morgan fingerprint density at radius 1 is 0.259 bits per heavy atom. The van der Waals surface area contributed by atoms with E-state index >= 15 is 0 Å². The zero-order valence-electron chi connectivity index (χ0n) is 29.5. The lowest BCUT2D eigenvalue weighted by Crippen LogP contribution is -1.97. The van der Waals surface area contributed by atoms with Gasteiger partial charge in [0.1, 0.15) is 0 Å². The minimum atomic E-state index is 0.691. The second-order valence-electron chi connectivity index (χ2n) is 13.8. The van der Waals surface area contributed by atoms with E-state index in [1.165, 1.54) is 43.4 Å². The summed E-state index contributed by atoms with van der Waals surface area (Å²) in [5.41, 5.74) is 11.8. The van der Waals surface area contributed by atoms with Gasteiger partial charge in [-0.15, -0.1) is 0 Å². The van der Waals surface area contributed by atoms with E-state index in [1.54, 1.807) is 0 Å². The van der Waals surface area contributed by atoms with Crippen molar-refractivity contribution in [3.63, 3.8) is 0 Å². The van der Waals surface area contributed by atoms with Crippen molar-refractivity contribution in [2.45, 2.75) is 0 Å². The highest BCUT2D eigenvalue weighted by molar-refractivity contribution is 6.20. The van der Waals surface area contributed by atoms with Crippen LogP contribution in [0.4, 0.5) is 0 Å². The SMILES string of the molecule is c1ccc(-c2ccc(-c3ccccc3)c(-c3cc(-c4ccccc4)nc(-c4ccc(-c5c6ccccc6cc6c5ccc5ccccc56)cc4)n3)c2)cc1. The molecule has 54 heavy (non-hydrogen) atoms. The van der Waals surface area contributed by atoms with E-state index in [0.717, 1.165) is 50.3 Å². The van der Waals surface area contributed by atoms with Crippen molar-refractivity contribution in [2.24, 2.45) is 0 Å². The van der Waals surface area contributed by atoms with Gasteiger partial charge in [0.05, 0.1) is 11.4 Å². The zero-order chi connectivity index (χ0) is 35.8. The maximum absolute atomic E-state index is 5.35. The molecule has 0 atom stereocenters. The van der Waals surface area contributed by atoms with Gasteiger partial charge in [-0.05, 0) is 83.9 Å². The first kappa shape index (κ1) is 31.6. The Hall–Kier alpha value is -7.16. The number of nitrogens with zero attached hydrogens (tertiary/aromatic N) is 2. The van der Waals surface area contributed by atoms with Gasteiger partial charge in [-0.2, -0.15) is 0 Å². The molecule has 0 aliphatic carbocycles. The number of hydrogen-bond acceptors (Lipinski definition) is 2. The van der Waals surface area contributed by atoms with Crippen molar-refractivity contribution in [1.82, 2.24) is 9.97 Å². The summed E-state index contributed by atoms with van der Waals surface area (Å²) in [7, 11) is 0. The topological polar surface area (TPSA) is 25.8 Å². The van der Waals surface area contributed by atoms with E-state index in [2.05, 4.69) is 200 Å². The highest BCUT2D eigenvalue weighted by atomic mass is 14.9. The van der Waals surface area contributed by atoms with Gasteiger partial charge in [0.15, 0.2) is 5.82 Å². The van der Waals surface area contributed by atoms with Crippen molar-refractivity contribution < 1.29 is 0 Å². The Bertz CT molecular complexity index is 2950. The number of rotatable bonds is 6. The molecule has 10 rings (SSSR count). The third-order valence-corrected chi connectivity index (χ3v) is 10.5. The van der Waals surface area contributed by atoms with Crippen molar-refractivity contribution in [2.75, 3.05) is 0 Å². The molecule has 0 fully saturated rings. The summed E-state index contributed by atoms with van der Waals surface area (Å²) < 4.78 is 0. The van der Waals surface area contributed by atoms with E-state index in [9.17, 15) is 0 Å². The van der Waals surface area contributed by atoms with E-state index in [1.807, 2.05) is 6.07 Å². The summed E-state index contributed by atoms with van der Waals surface area (Å²) in [5.74, 6) is 0.691. The van der Waals surface area contributed by atoms with Crippen LogP contribution in [-0.2, 0) is 0 Å². The van der Waals surface area contributed by atoms with Gasteiger partial charge in [-0.1, -0.05) is 188 Å². The van der Waals surface area contributed by atoms with Crippen LogP contribution in [-0.4, -0.2) is 9.97 Å². The van der Waals surface area contributed by atoms with Crippen LogP contribution in [0.1, 0.15) is 0 Å². The van der Waals surface area contributed by atoms with Crippen LogP contribution in [0, 0.1) is 0 Å². The molecule has 0 aliphatic heterocycles. The van der Waals surface area contributed by atoms with Crippen LogP contribution in [0.3, 0.4) is 0 Å². The third-order valence-electron chi connectivity index (χ3n) is 10.5. The molecule has 252 valence electrons. The first-order valence-corrected chi connectivity index (χ1v) is 18.4. The molecule has 0 saturated heterocycles. The van der Waals surface area contributed by atoms with E-state index in [4.69, 9.17) is 9.97 Å². The third kappa shape index (κ3) is 5.71. The Labute approximate surface area is 314 Å². The second-order valence-corrected chi connectivity index (χ2v) is 13.8. The van der Waals surface area contributed by atoms with Crippen LogP contribution >= 0.6 is 0 Å². The molecular weight excluding hydrogens is 653 g/mol. The molecule has 0 amide bonds. The molecule has 0 saturated carbocycles. The Morgan fingerprint density at radius 2 is 0.833 bits per heavy atom. The molecule has 1 heterocycles. The number of fused-ring (bicyclic) bond motifs is 4. The van der Waals surface area contributed by atoms with Crippen molar-refractivity contribution in [3.05, 3.63) is 206 Å². The summed E-state index contributed by atoms with van der Waals surface area (Å²) in [6, 6.07) is 73.4.